The highest BCUT2D eigenvalue weighted by Crippen LogP contribution is 2.23. The van der Waals surface area contributed by atoms with Gasteiger partial charge in [-0.05, 0) is 17.7 Å². The van der Waals surface area contributed by atoms with Crippen molar-refractivity contribution in [2.24, 2.45) is 0 Å². The number of carboxylic acid groups (broad SMARTS) is 1. The zero-order valence-corrected chi connectivity index (χ0v) is 14.1. The second kappa shape index (κ2) is 8.44. The molecule has 0 saturated heterocycles. The van der Waals surface area contributed by atoms with Gasteiger partial charge < -0.3 is 15.2 Å². The molecule has 0 fully saturated rings. The summed E-state index contributed by atoms with van der Waals surface area (Å²) in [5.74, 6) is -1.77. The van der Waals surface area contributed by atoms with E-state index in [1.165, 1.54) is 12.1 Å². The normalized spacial score (nSPS) is 11.6. The number of hydrogen-bond donors (Lipinski definition) is 2. The first-order valence-corrected chi connectivity index (χ1v) is 7.89. The maximum Gasteiger partial charge on any atom is 0.407 e. The van der Waals surface area contributed by atoms with E-state index in [1.807, 2.05) is 6.07 Å². The summed E-state index contributed by atoms with van der Waals surface area (Å²) in [7, 11) is 0. The lowest BCUT2D eigenvalue weighted by Crippen LogP contribution is -2.31. The number of ether oxygens (including phenoxy) is 1. The Hall–Kier alpha value is -2.41. The Kier molecular flexibility index (Phi) is 6.31. The Balaban J connectivity index is 2.05. The molecule has 0 aromatic heterocycles. The molecular weight excluding hydrogens is 381 g/mol. The lowest BCUT2D eigenvalue weighted by Gasteiger charge is -2.18. The van der Waals surface area contributed by atoms with E-state index in [1.54, 1.807) is 30.3 Å². The number of benzene rings is 2. The molecule has 0 bridgehead atoms. The van der Waals surface area contributed by atoms with Gasteiger partial charge in [-0.1, -0.05) is 52.3 Å². The molecule has 2 rings (SSSR count). The Labute approximate surface area is 146 Å². The highest BCUT2D eigenvalue weighted by molar-refractivity contribution is 9.10. The molecule has 5 nitrogen and oxygen atoms in total. The maximum absolute atomic E-state index is 14.0. The molecule has 2 N–H and O–H groups in total. The molecule has 1 atom stereocenters. The second-order valence-electron chi connectivity index (χ2n) is 5.02. The first-order chi connectivity index (χ1) is 11.5. The lowest BCUT2D eigenvalue weighted by molar-refractivity contribution is -0.137. The molecule has 0 heterocycles. The van der Waals surface area contributed by atoms with E-state index < -0.39 is 30.3 Å². The molecular formula is C17H15BrFNO4. The van der Waals surface area contributed by atoms with Crippen molar-refractivity contribution in [1.29, 1.82) is 0 Å². The largest absolute Gasteiger partial charge is 0.481 e. The van der Waals surface area contributed by atoms with Crippen molar-refractivity contribution in [3.63, 3.8) is 0 Å². The van der Waals surface area contributed by atoms with E-state index in [0.717, 1.165) is 5.56 Å². The minimum atomic E-state index is -1.16. The highest BCUT2D eigenvalue weighted by Gasteiger charge is 2.22. The molecule has 1 amide bonds. The van der Waals surface area contributed by atoms with Crippen LogP contribution >= 0.6 is 15.9 Å². The van der Waals surface area contributed by atoms with Crippen LogP contribution in [0.3, 0.4) is 0 Å². The van der Waals surface area contributed by atoms with Crippen LogP contribution in [0.2, 0.25) is 0 Å². The Morgan fingerprint density at radius 2 is 1.92 bits per heavy atom. The Morgan fingerprint density at radius 3 is 2.54 bits per heavy atom. The van der Waals surface area contributed by atoms with Crippen LogP contribution in [0.5, 0.6) is 0 Å². The van der Waals surface area contributed by atoms with Gasteiger partial charge >= 0.3 is 12.1 Å². The predicted molar refractivity (Wildman–Crippen MR) is 88.9 cm³/mol. The van der Waals surface area contributed by atoms with Gasteiger partial charge in [0.15, 0.2) is 0 Å². The van der Waals surface area contributed by atoms with Gasteiger partial charge in [-0.15, -0.1) is 0 Å². The van der Waals surface area contributed by atoms with Gasteiger partial charge in [-0.2, -0.15) is 0 Å². The monoisotopic (exact) mass is 395 g/mol. The fourth-order valence-corrected chi connectivity index (χ4v) is 2.44. The van der Waals surface area contributed by atoms with Gasteiger partial charge in [0.1, 0.15) is 12.4 Å². The quantitative estimate of drug-likeness (QED) is 0.773. The average molecular weight is 396 g/mol. The minimum absolute atomic E-state index is 0.0370. The van der Waals surface area contributed by atoms with Gasteiger partial charge in [0.05, 0.1) is 12.5 Å². The van der Waals surface area contributed by atoms with Crippen molar-refractivity contribution in [3.05, 3.63) is 69.9 Å². The molecule has 7 heteroatoms. The third kappa shape index (κ3) is 5.34. The Morgan fingerprint density at radius 1 is 1.21 bits per heavy atom. The molecule has 0 saturated carbocycles. The molecule has 0 spiro atoms. The molecule has 24 heavy (non-hydrogen) atoms. The second-order valence-corrected chi connectivity index (χ2v) is 5.94. The smallest absolute Gasteiger partial charge is 0.407 e. The van der Waals surface area contributed by atoms with Crippen LogP contribution in [0, 0.1) is 5.82 Å². The number of nitrogens with one attached hydrogen (secondary N) is 1. The summed E-state index contributed by atoms with van der Waals surface area (Å²) in [5, 5.41) is 11.4. The van der Waals surface area contributed by atoms with E-state index >= 15 is 0 Å². The van der Waals surface area contributed by atoms with E-state index in [2.05, 4.69) is 21.2 Å². The number of alkyl carbamates (subject to hydrolysis) is 1. The molecule has 0 aliphatic heterocycles. The van der Waals surface area contributed by atoms with Crippen LogP contribution in [-0.4, -0.2) is 17.2 Å². The highest BCUT2D eigenvalue weighted by atomic mass is 79.9. The van der Waals surface area contributed by atoms with Crippen molar-refractivity contribution in [2.75, 3.05) is 0 Å². The maximum atomic E-state index is 14.0. The van der Waals surface area contributed by atoms with Gasteiger partial charge in [-0.25, -0.2) is 9.18 Å². The van der Waals surface area contributed by atoms with Crippen molar-refractivity contribution >= 4 is 28.0 Å². The number of carboxylic acids is 1. The number of rotatable bonds is 6. The summed E-state index contributed by atoms with van der Waals surface area (Å²) in [6, 6.07) is 12.2. The van der Waals surface area contributed by atoms with Crippen LogP contribution < -0.4 is 5.32 Å². The summed E-state index contributed by atoms with van der Waals surface area (Å²) in [6.07, 6.45) is -1.27. The van der Waals surface area contributed by atoms with E-state index in [9.17, 15) is 14.0 Å². The van der Waals surface area contributed by atoms with Crippen molar-refractivity contribution < 1.29 is 23.8 Å². The average Bonchev–Trinajstić information content (AvgIpc) is 2.53. The fraction of sp³-hybridized carbons (Fsp3) is 0.176. The zero-order chi connectivity index (χ0) is 17.5. The third-order valence-corrected chi connectivity index (χ3v) is 3.71. The van der Waals surface area contributed by atoms with Gasteiger partial charge in [0.2, 0.25) is 0 Å². The molecule has 0 radical (unpaired) electrons. The van der Waals surface area contributed by atoms with Gasteiger partial charge in [0, 0.05) is 10.0 Å². The zero-order valence-electron chi connectivity index (χ0n) is 12.5. The third-order valence-electron chi connectivity index (χ3n) is 3.22. The molecule has 2 aromatic rings. The number of carbonyl (C=O) groups excluding carboxylic acids is 1. The van der Waals surface area contributed by atoms with Gasteiger partial charge in [0.25, 0.3) is 0 Å². The fourth-order valence-electron chi connectivity index (χ4n) is 2.10. The molecule has 0 aliphatic rings. The minimum Gasteiger partial charge on any atom is -0.481 e. The number of carbonyl (C=O) groups is 2. The number of halogens is 2. The number of amides is 1. The molecule has 0 unspecified atom stereocenters. The van der Waals surface area contributed by atoms with Gasteiger partial charge in [-0.3, -0.25) is 4.79 Å². The number of aliphatic carboxylic acids is 1. The van der Waals surface area contributed by atoms with E-state index in [-0.39, 0.29) is 12.2 Å². The lowest BCUT2D eigenvalue weighted by atomic mass is 10.0. The summed E-state index contributed by atoms with van der Waals surface area (Å²) >= 11 is 3.13. The predicted octanol–water partition coefficient (Wildman–Crippen LogP) is 4.03. The molecule has 0 aliphatic carbocycles. The summed E-state index contributed by atoms with van der Waals surface area (Å²) < 4.78 is 19.6. The number of hydrogen-bond acceptors (Lipinski definition) is 3. The van der Waals surface area contributed by atoms with Crippen LogP contribution in [0.1, 0.15) is 23.6 Å². The van der Waals surface area contributed by atoms with Crippen LogP contribution in [0.25, 0.3) is 0 Å². The first-order valence-electron chi connectivity index (χ1n) is 7.09. The van der Waals surface area contributed by atoms with Crippen LogP contribution in [-0.2, 0) is 16.1 Å². The summed E-state index contributed by atoms with van der Waals surface area (Å²) in [5.41, 5.74) is 0.870. The van der Waals surface area contributed by atoms with Crippen LogP contribution in [0.15, 0.2) is 53.0 Å². The Bertz CT molecular complexity index is 724. The van der Waals surface area contributed by atoms with Crippen molar-refractivity contribution in [2.45, 2.75) is 19.1 Å². The van der Waals surface area contributed by atoms with Crippen molar-refractivity contribution in [3.8, 4) is 0 Å². The van der Waals surface area contributed by atoms with E-state index in [0.29, 0.717) is 4.47 Å². The van der Waals surface area contributed by atoms with Crippen molar-refractivity contribution in [1.82, 2.24) is 5.32 Å². The van der Waals surface area contributed by atoms with Crippen LogP contribution in [0.4, 0.5) is 9.18 Å². The van der Waals surface area contributed by atoms with E-state index in [4.69, 9.17) is 9.84 Å². The topological polar surface area (TPSA) is 75.6 Å². The molecule has 2 aromatic carbocycles. The standard InChI is InChI=1S/C17H15BrFNO4/c18-12-6-7-13(14(19)8-12)15(9-16(21)22)20-17(23)24-10-11-4-2-1-3-5-11/h1-8,15H,9-10H2,(H,20,23)(H,21,22)/t15-/m1/s1. The SMILES string of the molecule is O=C(O)C[C@@H](NC(=O)OCc1ccccc1)c1ccc(Br)cc1F. The summed E-state index contributed by atoms with van der Waals surface area (Å²) in [4.78, 5) is 22.9. The molecule has 126 valence electrons. The summed E-state index contributed by atoms with van der Waals surface area (Å²) in [6.45, 7) is 0.0370. The first kappa shape index (κ1) is 17.9.